The number of piperidine rings is 1. The third-order valence-electron chi connectivity index (χ3n) is 5.71. The lowest BCUT2D eigenvalue weighted by atomic mass is 10.0. The zero-order chi connectivity index (χ0) is 20.7. The average molecular weight is 403 g/mol. The molecule has 0 spiro atoms. The third-order valence-corrected chi connectivity index (χ3v) is 5.71. The van der Waals surface area contributed by atoms with Crippen molar-refractivity contribution in [1.29, 1.82) is 0 Å². The van der Waals surface area contributed by atoms with Gasteiger partial charge >= 0.3 is 0 Å². The number of amides is 1. The molecule has 7 heteroatoms. The number of hydrogen-bond acceptors (Lipinski definition) is 5. The van der Waals surface area contributed by atoms with Crippen LogP contribution in [-0.4, -0.2) is 40.6 Å². The summed E-state index contributed by atoms with van der Waals surface area (Å²) < 4.78 is 12.8. The third kappa shape index (κ3) is 3.03. The van der Waals surface area contributed by atoms with E-state index in [0.717, 1.165) is 18.2 Å². The summed E-state index contributed by atoms with van der Waals surface area (Å²) in [5, 5.41) is 1.41. The Hall–Kier alpha value is -3.61. The fraction of sp³-hybridized carbons (Fsp3) is 0.261. The molecule has 1 unspecified atom stereocenters. The van der Waals surface area contributed by atoms with E-state index in [1.54, 1.807) is 41.1 Å². The molecule has 1 atom stereocenters. The Bertz CT molecular complexity index is 1310. The van der Waals surface area contributed by atoms with Crippen LogP contribution in [0.15, 0.2) is 64.1 Å². The number of carbonyl (C=O) groups is 1. The molecule has 1 fully saturated rings. The second-order valence-electron chi connectivity index (χ2n) is 7.51. The van der Waals surface area contributed by atoms with Crippen molar-refractivity contribution in [2.75, 3.05) is 20.2 Å². The highest BCUT2D eigenvalue weighted by molar-refractivity contribution is 5.97. The fourth-order valence-electron chi connectivity index (χ4n) is 4.17. The molecule has 2 aromatic carbocycles. The van der Waals surface area contributed by atoms with Gasteiger partial charge in [0.25, 0.3) is 11.5 Å². The molecular formula is C23H21N3O4. The number of fused-ring (bicyclic) bond motifs is 2. The summed E-state index contributed by atoms with van der Waals surface area (Å²) in [5.74, 6) is 0.691. The summed E-state index contributed by atoms with van der Waals surface area (Å²) in [6.45, 7) is 1.06. The number of nitrogens with zero attached hydrogens (tertiary/aromatic N) is 3. The smallest absolute Gasteiger partial charge is 0.289 e. The van der Waals surface area contributed by atoms with Gasteiger partial charge in [0.05, 0.1) is 30.4 Å². The highest BCUT2D eigenvalue weighted by Crippen LogP contribution is 2.30. The minimum absolute atomic E-state index is 0.0756. The molecule has 0 aliphatic carbocycles. The quantitative estimate of drug-likeness (QED) is 0.522. The molecule has 1 amide bonds. The summed E-state index contributed by atoms with van der Waals surface area (Å²) in [4.78, 5) is 32.3. The zero-order valence-electron chi connectivity index (χ0n) is 16.6. The topological polar surface area (TPSA) is 77.6 Å². The van der Waals surface area contributed by atoms with Crippen molar-refractivity contribution in [1.82, 2.24) is 14.5 Å². The Morgan fingerprint density at radius 1 is 1.20 bits per heavy atom. The second kappa shape index (κ2) is 7.33. The number of benzene rings is 2. The van der Waals surface area contributed by atoms with Crippen LogP contribution in [0.5, 0.6) is 5.75 Å². The SMILES string of the molecule is COc1cccc2cc(C(=O)N3CCCC(n4cnc5ccccc5c4=O)C3)oc12. The van der Waals surface area contributed by atoms with Crippen LogP contribution < -0.4 is 10.3 Å². The van der Waals surface area contributed by atoms with Gasteiger partial charge in [-0.1, -0.05) is 24.3 Å². The molecule has 152 valence electrons. The van der Waals surface area contributed by atoms with Gasteiger partial charge in [0.1, 0.15) is 0 Å². The maximum absolute atomic E-state index is 13.1. The highest BCUT2D eigenvalue weighted by atomic mass is 16.5. The van der Waals surface area contributed by atoms with Crippen molar-refractivity contribution in [2.24, 2.45) is 0 Å². The Morgan fingerprint density at radius 3 is 2.93 bits per heavy atom. The lowest BCUT2D eigenvalue weighted by Crippen LogP contribution is -2.42. The highest BCUT2D eigenvalue weighted by Gasteiger charge is 2.28. The van der Waals surface area contributed by atoms with E-state index in [1.165, 1.54) is 0 Å². The minimum atomic E-state index is -0.181. The van der Waals surface area contributed by atoms with Crippen LogP contribution in [0.1, 0.15) is 29.4 Å². The molecule has 7 nitrogen and oxygen atoms in total. The standard InChI is InChI=1S/C23H21N3O4/c1-29-19-10-4-6-15-12-20(30-21(15)19)23(28)25-11-5-7-16(13-25)26-14-24-18-9-3-2-8-17(18)22(26)27/h2-4,6,8-10,12,14,16H,5,7,11,13H2,1H3. The maximum Gasteiger partial charge on any atom is 0.289 e. The molecule has 5 rings (SSSR count). The van der Waals surface area contributed by atoms with Gasteiger partial charge in [0, 0.05) is 18.5 Å². The van der Waals surface area contributed by atoms with Crippen molar-refractivity contribution >= 4 is 27.8 Å². The average Bonchev–Trinajstić information content (AvgIpc) is 3.23. The van der Waals surface area contributed by atoms with Gasteiger partial charge < -0.3 is 14.1 Å². The molecule has 0 radical (unpaired) electrons. The van der Waals surface area contributed by atoms with E-state index in [0.29, 0.717) is 35.3 Å². The molecule has 0 saturated carbocycles. The molecule has 0 N–H and O–H groups in total. The first-order valence-electron chi connectivity index (χ1n) is 9.97. The predicted octanol–water partition coefficient (Wildman–Crippen LogP) is 3.63. The molecule has 2 aromatic heterocycles. The van der Waals surface area contributed by atoms with Crippen molar-refractivity contribution in [3.63, 3.8) is 0 Å². The van der Waals surface area contributed by atoms with Gasteiger partial charge in [-0.15, -0.1) is 0 Å². The van der Waals surface area contributed by atoms with Crippen molar-refractivity contribution < 1.29 is 13.9 Å². The van der Waals surface area contributed by atoms with E-state index in [4.69, 9.17) is 9.15 Å². The predicted molar refractivity (Wildman–Crippen MR) is 113 cm³/mol. The molecular weight excluding hydrogens is 382 g/mol. The van der Waals surface area contributed by atoms with Gasteiger partial charge in [0.2, 0.25) is 0 Å². The number of ether oxygens (including phenoxy) is 1. The van der Waals surface area contributed by atoms with Gasteiger partial charge in [0.15, 0.2) is 17.1 Å². The summed E-state index contributed by atoms with van der Waals surface area (Å²) in [6.07, 6.45) is 3.21. The maximum atomic E-state index is 13.1. The summed E-state index contributed by atoms with van der Waals surface area (Å²) in [6, 6.07) is 14.5. The van der Waals surface area contributed by atoms with E-state index >= 15 is 0 Å². The van der Waals surface area contributed by atoms with Crippen molar-refractivity contribution in [3.05, 3.63) is 71.0 Å². The van der Waals surface area contributed by atoms with Gasteiger partial charge in [-0.2, -0.15) is 0 Å². The summed E-state index contributed by atoms with van der Waals surface area (Å²) >= 11 is 0. The van der Waals surface area contributed by atoms with Gasteiger partial charge in [-0.3, -0.25) is 14.2 Å². The van der Waals surface area contributed by atoms with Crippen LogP contribution in [0, 0.1) is 0 Å². The Kier molecular flexibility index (Phi) is 4.50. The Morgan fingerprint density at radius 2 is 2.07 bits per heavy atom. The molecule has 4 aromatic rings. The molecule has 3 heterocycles. The van der Waals surface area contributed by atoms with Crippen LogP contribution in [0.2, 0.25) is 0 Å². The van der Waals surface area contributed by atoms with E-state index in [2.05, 4.69) is 4.98 Å². The number of methoxy groups -OCH3 is 1. The minimum Gasteiger partial charge on any atom is -0.493 e. The number of aromatic nitrogens is 2. The number of hydrogen-bond donors (Lipinski definition) is 0. The second-order valence-corrected chi connectivity index (χ2v) is 7.51. The van der Waals surface area contributed by atoms with Crippen molar-refractivity contribution in [3.8, 4) is 5.75 Å². The van der Waals surface area contributed by atoms with Gasteiger partial charge in [-0.25, -0.2) is 4.98 Å². The van der Waals surface area contributed by atoms with Crippen LogP contribution in [0.25, 0.3) is 21.9 Å². The molecule has 1 aliphatic rings. The largest absolute Gasteiger partial charge is 0.493 e. The zero-order valence-corrected chi connectivity index (χ0v) is 16.6. The van der Waals surface area contributed by atoms with E-state index in [-0.39, 0.29) is 23.3 Å². The number of furan rings is 1. The lowest BCUT2D eigenvalue weighted by Gasteiger charge is -2.33. The molecule has 1 saturated heterocycles. The van der Waals surface area contributed by atoms with Crippen LogP contribution >= 0.6 is 0 Å². The normalized spacial score (nSPS) is 16.8. The number of para-hydroxylation sites is 2. The molecule has 0 bridgehead atoms. The first-order valence-corrected chi connectivity index (χ1v) is 9.97. The van der Waals surface area contributed by atoms with Gasteiger partial charge in [-0.05, 0) is 37.1 Å². The summed E-state index contributed by atoms with van der Waals surface area (Å²) in [5.41, 5.74) is 1.17. The number of rotatable bonds is 3. The number of likely N-dealkylation sites (tertiary alicyclic amines) is 1. The first-order chi connectivity index (χ1) is 14.7. The van der Waals surface area contributed by atoms with E-state index in [1.807, 2.05) is 30.3 Å². The Balaban J connectivity index is 1.44. The van der Waals surface area contributed by atoms with E-state index < -0.39 is 0 Å². The number of carbonyl (C=O) groups excluding carboxylic acids is 1. The molecule has 1 aliphatic heterocycles. The van der Waals surface area contributed by atoms with Crippen LogP contribution in [-0.2, 0) is 0 Å². The first kappa shape index (κ1) is 18.4. The van der Waals surface area contributed by atoms with Crippen molar-refractivity contribution in [2.45, 2.75) is 18.9 Å². The Labute approximate surface area is 172 Å². The lowest BCUT2D eigenvalue weighted by molar-refractivity contribution is 0.0647. The van der Waals surface area contributed by atoms with E-state index in [9.17, 15) is 9.59 Å². The fourth-order valence-corrected chi connectivity index (χ4v) is 4.17. The van der Waals surface area contributed by atoms with Crippen LogP contribution in [0.4, 0.5) is 0 Å². The summed E-state index contributed by atoms with van der Waals surface area (Å²) in [7, 11) is 1.57. The molecule has 30 heavy (non-hydrogen) atoms. The van der Waals surface area contributed by atoms with Crippen LogP contribution in [0.3, 0.4) is 0 Å². The monoisotopic (exact) mass is 403 g/mol.